The van der Waals surface area contributed by atoms with Gasteiger partial charge in [-0.15, -0.1) is 6.42 Å². The predicted molar refractivity (Wildman–Crippen MR) is 320 cm³/mol. The van der Waals surface area contributed by atoms with Crippen LogP contribution in [0.15, 0.2) is 86.8 Å². The van der Waals surface area contributed by atoms with E-state index in [9.17, 15) is 76.1 Å². The lowest BCUT2D eigenvalue weighted by Crippen LogP contribution is -2.39. The molecule has 0 saturated heterocycles. The second kappa shape index (κ2) is 31.7. The van der Waals surface area contributed by atoms with E-state index in [0.29, 0.717) is 24.0 Å². The Labute approximate surface area is 528 Å². The highest BCUT2D eigenvalue weighted by molar-refractivity contribution is 7.93. The van der Waals surface area contributed by atoms with E-state index in [-0.39, 0.29) is 95.6 Å². The summed E-state index contributed by atoms with van der Waals surface area (Å²) in [5, 5.41) is 11.7. The van der Waals surface area contributed by atoms with E-state index in [1.54, 1.807) is 9.44 Å². The van der Waals surface area contributed by atoms with Crippen LogP contribution in [0.2, 0.25) is 0 Å². The lowest BCUT2D eigenvalue weighted by atomic mass is 9.93. The Morgan fingerprint density at radius 2 is 1.40 bits per heavy atom. The zero-order valence-corrected chi connectivity index (χ0v) is 53.2. The van der Waals surface area contributed by atoms with Crippen LogP contribution in [0.1, 0.15) is 56.8 Å². The van der Waals surface area contributed by atoms with Crippen molar-refractivity contribution in [3.05, 3.63) is 89.1 Å². The smallest absolute Gasteiger partial charge is 0.389 e. The molecule has 0 spiro atoms. The number of aromatic nitrogens is 6. The van der Waals surface area contributed by atoms with Gasteiger partial charge >= 0.3 is 30.2 Å². The fourth-order valence-electron chi connectivity index (χ4n) is 8.20. The third-order valence-corrected chi connectivity index (χ3v) is 18.3. The van der Waals surface area contributed by atoms with Crippen molar-refractivity contribution in [2.45, 2.75) is 85.8 Å². The number of carboxylic acid groups (broad SMARTS) is 1. The number of nitrogens with one attached hydrogen (secondary N) is 4. The fourth-order valence-corrected chi connectivity index (χ4v) is 12.7. The Morgan fingerprint density at radius 1 is 0.828 bits per heavy atom. The van der Waals surface area contributed by atoms with Crippen molar-refractivity contribution < 1.29 is 105 Å². The van der Waals surface area contributed by atoms with Gasteiger partial charge in [-0.05, 0) is 75.3 Å². The molecule has 2 aromatic carbocycles. The van der Waals surface area contributed by atoms with Crippen molar-refractivity contribution in [3.63, 3.8) is 0 Å². The fraction of sp³-hybridized carbons (Fsp3) is 0.358. The van der Waals surface area contributed by atoms with E-state index in [4.69, 9.17) is 41.1 Å². The minimum Gasteiger partial charge on any atom is -0.481 e. The van der Waals surface area contributed by atoms with Crippen LogP contribution in [-0.4, -0.2) is 166 Å². The highest BCUT2D eigenvalue weighted by atomic mass is 32.2. The van der Waals surface area contributed by atoms with Gasteiger partial charge in [-0.3, -0.25) is 39.3 Å². The zero-order valence-electron chi connectivity index (χ0n) is 49.9. The Balaban J connectivity index is 0.000000234. The molecule has 502 valence electrons. The number of urea groups is 2. The minimum atomic E-state index is -4.61. The molecule has 40 heteroatoms. The number of nitrogens with zero attached hydrogens (tertiary/aromatic N) is 8. The summed E-state index contributed by atoms with van der Waals surface area (Å²) in [7, 11) is -12.1. The Hall–Kier alpha value is -9.48. The first-order valence-electron chi connectivity index (χ1n) is 26.8. The number of aliphatic carboxylic acids is 1. The molecule has 32 nitrogen and oxygen atoms in total. The summed E-state index contributed by atoms with van der Waals surface area (Å²) < 4.78 is 160. The van der Waals surface area contributed by atoms with Gasteiger partial charge in [0.25, 0.3) is 37.8 Å². The summed E-state index contributed by atoms with van der Waals surface area (Å²) in [6, 6.07) is 7.62. The van der Waals surface area contributed by atoms with Crippen molar-refractivity contribution in [2.75, 3.05) is 73.5 Å². The van der Waals surface area contributed by atoms with Crippen LogP contribution >= 0.6 is 7.37 Å². The van der Waals surface area contributed by atoms with Crippen LogP contribution in [0.5, 0.6) is 23.5 Å². The van der Waals surface area contributed by atoms with E-state index in [0.717, 1.165) is 42.1 Å². The number of amides is 7. The molecule has 0 radical (unpaired) electrons. The number of pyridine rings is 1. The van der Waals surface area contributed by atoms with E-state index >= 15 is 0 Å². The monoisotopic (exact) mass is 1390 g/mol. The number of nitrogens with two attached hydrogens (primary N) is 1. The SMILES string of the molecule is C#CCN1C(=O)COc2cc(F)c(N3C(=O)C4=C(CCCC4)C3=O)cc21.CCS(=O)(=O)c1cccnc1S(=O)(=O)NC(=O)Nc1nc(OC)cc(OC)n1.COc1nc(C)nc(NC(=O)NS(=O)(=O)c2ccccc2CCC(F)(F)F)n1.CP(=O)(O)CCC(N)C(=O)O. The van der Waals surface area contributed by atoms with Crippen LogP contribution in [0.3, 0.4) is 0 Å². The summed E-state index contributed by atoms with van der Waals surface area (Å²) in [4.78, 5) is 104. The van der Waals surface area contributed by atoms with Gasteiger partial charge in [0.2, 0.25) is 23.7 Å². The van der Waals surface area contributed by atoms with E-state index in [2.05, 4.69) is 46.5 Å². The number of sulfone groups is 1. The number of terminal acetylenes is 1. The van der Waals surface area contributed by atoms with Crippen LogP contribution < -0.4 is 54.6 Å². The molecule has 5 heterocycles. The lowest BCUT2D eigenvalue weighted by molar-refractivity contribution is -0.138. The van der Waals surface area contributed by atoms with Gasteiger partial charge in [-0.1, -0.05) is 31.0 Å². The number of carboxylic acids is 1. The number of imide groups is 1. The molecule has 2 unspecified atom stereocenters. The average Bonchev–Trinajstić information content (AvgIpc) is 1.66. The number of halogens is 4. The highest BCUT2D eigenvalue weighted by Crippen LogP contribution is 2.42. The molecule has 0 bridgehead atoms. The molecule has 7 amide bonds. The molecule has 0 fully saturated rings. The van der Waals surface area contributed by atoms with E-state index in [1.165, 1.54) is 83.1 Å². The zero-order chi connectivity index (χ0) is 69.4. The van der Waals surface area contributed by atoms with Crippen molar-refractivity contribution in [3.8, 4) is 35.9 Å². The number of sulfonamides is 2. The van der Waals surface area contributed by atoms with Crippen LogP contribution in [0.25, 0.3) is 0 Å². The van der Waals surface area contributed by atoms with Gasteiger partial charge < -0.3 is 34.7 Å². The number of ether oxygens (including phenoxy) is 4. The molecule has 3 aromatic heterocycles. The summed E-state index contributed by atoms with van der Waals surface area (Å²) in [6.45, 7) is 3.77. The summed E-state index contributed by atoms with van der Waals surface area (Å²) in [6.07, 6.45) is 2.91. The number of anilines is 4. The number of hydrogen-bond acceptors (Lipinski definition) is 24. The van der Waals surface area contributed by atoms with Gasteiger partial charge in [-0.25, -0.2) is 50.1 Å². The maximum atomic E-state index is 14.7. The number of aryl methyl sites for hydroxylation is 2. The normalized spacial score (nSPS) is 14.6. The second-order valence-corrected chi connectivity index (χ2v) is 27.4. The predicted octanol–water partition coefficient (Wildman–Crippen LogP) is 4.00. The van der Waals surface area contributed by atoms with Gasteiger partial charge in [0.05, 0.1) is 56.0 Å². The van der Waals surface area contributed by atoms with Crippen molar-refractivity contribution in [1.29, 1.82) is 0 Å². The number of rotatable bonds is 19. The van der Waals surface area contributed by atoms with Crippen LogP contribution in [0, 0.1) is 25.1 Å². The molecule has 5 aromatic rings. The topological polar surface area (TPSA) is 457 Å². The number of alkyl halides is 3. The largest absolute Gasteiger partial charge is 0.481 e. The molecule has 1 aliphatic carbocycles. The Bertz CT molecular complexity index is 4110. The lowest BCUT2D eigenvalue weighted by Gasteiger charge is -2.29. The molecule has 0 saturated carbocycles. The molecule has 8 N–H and O–H groups in total. The molecule has 3 aliphatic rings. The molecule has 2 atom stereocenters. The molecular formula is C53H60F4N13O19PS3. The van der Waals surface area contributed by atoms with Crippen LogP contribution in [0.4, 0.5) is 50.4 Å². The van der Waals surface area contributed by atoms with Crippen molar-refractivity contribution >= 4 is 96.3 Å². The van der Waals surface area contributed by atoms with Crippen molar-refractivity contribution in [2.24, 2.45) is 5.73 Å². The molecule has 8 rings (SSSR count). The number of fused-ring (bicyclic) bond motifs is 1. The summed E-state index contributed by atoms with van der Waals surface area (Å²) in [5.41, 5.74) is 6.01. The van der Waals surface area contributed by atoms with Gasteiger partial charge in [0, 0.05) is 42.7 Å². The minimum absolute atomic E-state index is 0.0170. The van der Waals surface area contributed by atoms with Gasteiger partial charge in [-0.2, -0.15) is 46.5 Å². The van der Waals surface area contributed by atoms with Gasteiger partial charge in [0.15, 0.2) is 34.7 Å². The Morgan fingerprint density at radius 3 is 1.94 bits per heavy atom. The third-order valence-electron chi connectivity index (χ3n) is 12.6. The molecule has 2 aliphatic heterocycles. The Kier molecular flexibility index (Phi) is 25.3. The first-order valence-corrected chi connectivity index (χ1v) is 33.7. The van der Waals surface area contributed by atoms with Crippen LogP contribution in [-0.2, 0) is 60.0 Å². The summed E-state index contributed by atoms with van der Waals surface area (Å²) in [5.74, 6) is -1.31. The first-order chi connectivity index (χ1) is 43.5. The maximum absolute atomic E-state index is 14.7. The van der Waals surface area contributed by atoms with E-state index < -0.39 is 113 Å². The number of methoxy groups -OCH3 is 3. The second-order valence-electron chi connectivity index (χ2n) is 19.4. The first kappa shape index (κ1) is 74.2. The average molecular weight is 1390 g/mol. The molecular weight excluding hydrogens is 1330 g/mol. The van der Waals surface area contributed by atoms with Gasteiger partial charge in [0.1, 0.15) is 22.5 Å². The molecule has 93 heavy (non-hydrogen) atoms. The number of hydrogen-bond donors (Lipinski definition) is 7. The number of carbonyl (C=O) groups excluding carboxylic acids is 5. The number of carbonyl (C=O) groups is 6. The summed E-state index contributed by atoms with van der Waals surface area (Å²) >= 11 is 0. The number of benzene rings is 2. The standard InChI is InChI=1S/C19H15FN2O4.C15H16F3N5O4S.C14H17N5O7S2.C5H12NO4P/c1-2-7-21-15-9-14(13(20)8-16(15)26-10-17(21)23)22-18(24)11-5-3-4-6-12(11)19(22)25;1-9-19-12(22-14(20-9)27-2)21-13(24)23-28(25,26)11-6-4-3-5-10(11)7-8-15(16,17)18;1-4-27(21,22)9-6-5-7-15-12(9)28(23,24)19-14(20)18-13-16-10(25-2)8-11(17-13)26-3;1-11(9,10)3-2-4(6)5(7)8/h1,8-9H,3-7,10H2;3-6H,7-8H2,1-2H3,(H2,19,20,21,22,23,24);5-8H,4H2,1-3H3,(H2,16,17,18,19,20);4H,2-3,6H2,1H3,(H,7,8)(H,9,10). The maximum Gasteiger partial charge on any atom is 0.389 e. The highest BCUT2D eigenvalue weighted by Gasteiger charge is 2.42. The quantitative estimate of drug-likeness (QED) is 0.0266. The van der Waals surface area contributed by atoms with Crippen molar-refractivity contribution in [1.82, 2.24) is 39.3 Å². The third kappa shape index (κ3) is 20.8. The van der Waals surface area contributed by atoms with E-state index in [1.807, 2.05) is 0 Å².